The summed E-state index contributed by atoms with van der Waals surface area (Å²) in [4.78, 5) is 12.6. The number of hydrogen-bond acceptors (Lipinski definition) is 4. The van der Waals surface area contributed by atoms with Gasteiger partial charge in [-0.25, -0.2) is 0 Å². The summed E-state index contributed by atoms with van der Waals surface area (Å²) in [6.07, 6.45) is 2.35. The van der Waals surface area contributed by atoms with E-state index in [0.717, 1.165) is 11.4 Å². The highest BCUT2D eigenvalue weighted by Crippen LogP contribution is 2.41. The normalized spacial score (nSPS) is 14.4. The zero-order valence-corrected chi connectivity index (χ0v) is 15.1. The highest BCUT2D eigenvalue weighted by atomic mass is 16.5. The van der Waals surface area contributed by atoms with Crippen LogP contribution in [-0.2, 0) is 5.54 Å². The van der Waals surface area contributed by atoms with Crippen molar-refractivity contribution >= 4 is 11.6 Å². The Morgan fingerprint density at radius 3 is 2.56 bits per heavy atom. The van der Waals surface area contributed by atoms with Gasteiger partial charge in [0.2, 0.25) is 0 Å². The van der Waals surface area contributed by atoms with E-state index in [0.29, 0.717) is 30.5 Å². The van der Waals surface area contributed by atoms with Crippen molar-refractivity contribution in [1.82, 2.24) is 9.78 Å². The number of hydrogen-bond donors (Lipinski definition) is 2. The van der Waals surface area contributed by atoms with Gasteiger partial charge in [-0.05, 0) is 63.9 Å². The van der Waals surface area contributed by atoms with Crippen LogP contribution in [0.25, 0.3) is 0 Å². The SMILES string of the molecule is CC(C)(C)n1nc(C(=O)Nc2ccc(OCCN)cc2)cc1C1CC1. The molecule has 0 unspecified atom stereocenters. The molecule has 1 amide bonds. The van der Waals surface area contributed by atoms with Crippen LogP contribution in [0, 0.1) is 0 Å². The Balaban J connectivity index is 1.73. The second-order valence-electron chi connectivity index (χ2n) is 7.43. The topological polar surface area (TPSA) is 82.2 Å². The van der Waals surface area contributed by atoms with E-state index in [9.17, 15) is 4.79 Å². The number of nitrogens with two attached hydrogens (primary N) is 1. The first-order valence-electron chi connectivity index (χ1n) is 8.73. The molecule has 1 aliphatic rings. The minimum absolute atomic E-state index is 0.140. The first kappa shape index (κ1) is 17.5. The predicted octanol–water partition coefficient (Wildman–Crippen LogP) is 3.11. The fourth-order valence-electron chi connectivity index (χ4n) is 2.72. The Bertz CT molecular complexity index is 740. The van der Waals surface area contributed by atoms with Gasteiger partial charge in [-0.15, -0.1) is 0 Å². The molecule has 0 radical (unpaired) electrons. The van der Waals surface area contributed by atoms with Crippen LogP contribution >= 0.6 is 0 Å². The van der Waals surface area contributed by atoms with Crippen molar-refractivity contribution in [1.29, 1.82) is 0 Å². The molecule has 134 valence electrons. The summed E-state index contributed by atoms with van der Waals surface area (Å²) in [7, 11) is 0. The van der Waals surface area contributed by atoms with Gasteiger partial charge >= 0.3 is 0 Å². The summed E-state index contributed by atoms with van der Waals surface area (Å²) in [6.45, 7) is 7.26. The van der Waals surface area contributed by atoms with E-state index < -0.39 is 0 Å². The first-order valence-corrected chi connectivity index (χ1v) is 8.73. The number of carbonyl (C=O) groups is 1. The Morgan fingerprint density at radius 2 is 2.00 bits per heavy atom. The van der Waals surface area contributed by atoms with Crippen LogP contribution in [0.5, 0.6) is 5.75 Å². The lowest BCUT2D eigenvalue weighted by Crippen LogP contribution is -2.25. The molecule has 25 heavy (non-hydrogen) atoms. The summed E-state index contributed by atoms with van der Waals surface area (Å²) < 4.78 is 7.43. The number of nitrogens with one attached hydrogen (secondary N) is 1. The molecular weight excluding hydrogens is 316 g/mol. The fourth-order valence-corrected chi connectivity index (χ4v) is 2.72. The molecule has 1 aliphatic carbocycles. The Morgan fingerprint density at radius 1 is 1.32 bits per heavy atom. The summed E-state index contributed by atoms with van der Waals surface area (Å²) in [5, 5.41) is 7.46. The molecule has 1 aromatic heterocycles. The maximum Gasteiger partial charge on any atom is 0.276 e. The summed E-state index contributed by atoms with van der Waals surface area (Å²) in [5.41, 5.74) is 7.60. The van der Waals surface area contributed by atoms with Crippen molar-refractivity contribution in [2.24, 2.45) is 5.73 Å². The lowest BCUT2D eigenvalue weighted by molar-refractivity contribution is 0.102. The molecule has 1 heterocycles. The highest BCUT2D eigenvalue weighted by molar-refractivity contribution is 6.03. The molecule has 6 nitrogen and oxygen atoms in total. The smallest absolute Gasteiger partial charge is 0.276 e. The van der Waals surface area contributed by atoms with Crippen LogP contribution < -0.4 is 15.8 Å². The lowest BCUT2D eigenvalue weighted by Gasteiger charge is -2.22. The number of rotatable bonds is 6. The Hall–Kier alpha value is -2.34. The zero-order valence-electron chi connectivity index (χ0n) is 15.1. The largest absolute Gasteiger partial charge is 0.492 e. The predicted molar refractivity (Wildman–Crippen MR) is 98.1 cm³/mol. The van der Waals surface area contributed by atoms with Crippen LogP contribution in [0.1, 0.15) is 55.7 Å². The van der Waals surface area contributed by atoms with Gasteiger partial charge in [0.1, 0.15) is 12.4 Å². The monoisotopic (exact) mass is 342 g/mol. The van der Waals surface area contributed by atoms with Crippen LogP contribution in [0.4, 0.5) is 5.69 Å². The van der Waals surface area contributed by atoms with Crippen molar-refractivity contribution < 1.29 is 9.53 Å². The maximum absolute atomic E-state index is 12.6. The van der Waals surface area contributed by atoms with Crippen LogP contribution in [0.3, 0.4) is 0 Å². The Kier molecular flexibility index (Phi) is 4.81. The molecule has 0 bridgehead atoms. The van der Waals surface area contributed by atoms with E-state index in [1.54, 1.807) is 0 Å². The van der Waals surface area contributed by atoms with Crippen LogP contribution in [-0.4, -0.2) is 28.8 Å². The quantitative estimate of drug-likeness (QED) is 0.845. The molecule has 0 saturated heterocycles. The van der Waals surface area contributed by atoms with Gasteiger partial charge in [-0.2, -0.15) is 5.10 Å². The van der Waals surface area contributed by atoms with E-state index in [2.05, 4.69) is 31.2 Å². The number of aromatic nitrogens is 2. The Labute approximate surface area is 148 Å². The van der Waals surface area contributed by atoms with Gasteiger partial charge in [0.25, 0.3) is 5.91 Å². The van der Waals surface area contributed by atoms with Gasteiger partial charge in [-0.3, -0.25) is 9.48 Å². The molecule has 1 fully saturated rings. The minimum atomic E-state index is -0.194. The molecule has 3 rings (SSSR count). The summed E-state index contributed by atoms with van der Waals surface area (Å²) in [5.74, 6) is 1.07. The number of ether oxygens (including phenoxy) is 1. The first-order chi connectivity index (χ1) is 11.9. The molecular formula is C19H26N4O2. The van der Waals surface area contributed by atoms with Gasteiger partial charge < -0.3 is 15.8 Å². The molecule has 0 atom stereocenters. The third-order valence-electron chi connectivity index (χ3n) is 4.10. The van der Waals surface area contributed by atoms with E-state index in [1.807, 2.05) is 35.0 Å². The van der Waals surface area contributed by atoms with Crippen molar-refractivity contribution in [3.63, 3.8) is 0 Å². The van der Waals surface area contributed by atoms with Gasteiger partial charge in [0.15, 0.2) is 5.69 Å². The second-order valence-corrected chi connectivity index (χ2v) is 7.43. The average molecular weight is 342 g/mol. The maximum atomic E-state index is 12.6. The molecule has 2 aromatic rings. The van der Waals surface area contributed by atoms with Crippen molar-refractivity contribution in [3.8, 4) is 5.75 Å². The number of anilines is 1. The van der Waals surface area contributed by atoms with E-state index in [-0.39, 0.29) is 11.4 Å². The van der Waals surface area contributed by atoms with E-state index >= 15 is 0 Å². The second kappa shape index (κ2) is 6.88. The minimum Gasteiger partial charge on any atom is -0.492 e. The molecule has 0 aliphatic heterocycles. The average Bonchev–Trinajstić information content (AvgIpc) is 3.31. The molecule has 1 aromatic carbocycles. The summed E-state index contributed by atoms with van der Waals surface area (Å²) >= 11 is 0. The van der Waals surface area contributed by atoms with Crippen LogP contribution in [0.15, 0.2) is 30.3 Å². The fraction of sp³-hybridized carbons (Fsp3) is 0.474. The zero-order chi connectivity index (χ0) is 18.0. The van der Waals surface area contributed by atoms with E-state index in [1.165, 1.54) is 12.8 Å². The molecule has 6 heteroatoms. The molecule has 0 spiro atoms. The highest BCUT2D eigenvalue weighted by Gasteiger charge is 2.32. The number of benzene rings is 1. The standard InChI is InChI=1S/C19H26N4O2/c1-19(2,3)23-17(13-4-5-13)12-16(22-23)18(24)21-14-6-8-15(9-7-14)25-11-10-20/h6-9,12-13H,4-5,10-11,20H2,1-3H3,(H,21,24). The summed E-state index contributed by atoms with van der Waals surface area (Å²) in [6, 6.07) is 9.18. The number of nitrogens with zero attached hydrogens (tertiary/aromatic N) is 2. The molecule has 1 saturated carbocycles. The van der Waals surface area contributed by atoms with Gasteiger partial charge in [-0.1, -0.05) is 0 Å². The van der Waals surface area contributed by atoms with Crippen molar-refractivity contribution in [2.45, 2.75) is 45.1 Å². The van der Waals surface area contributed by atoms with Crippen molar-refractivity contribution in [2.75, 3.05) is 18.5 Å². The van der Waals surface area contributed by atoms with Crippen molar-refractivity contribution in [3.05, 3.63) is 41.7 Å². The van der Waals surface area contributed by atoms with Gasteiger partial charge in [0.05, 0.1) is 5.54 Å². The molecule has 3 N–H and O–H groups in total. The lowest BCUT2D eigenvalue weighted by atomic mass is 10.1. The third kappa shape index (κ3) is 4.20. The number of carbonyl (C=O) groups excluding carboxylic acids is 1. The van der Waals surface area contributed by atoms with Crippen LogP contribution in [0.2, 0.25) is 0 Å². The van der Waals surface area contributed by atoms with E-state index in [4.69, 9.17) is 10.5 Å². The number of amides is 1. The van der Waals surface area contributed by atoms with Gasteiger partial charge in [0, 0.05) is 23.8 Å². The third-order valence-corrected chi connectivity index (χ3v) is 4.10.